The van der Waals surface area contributed by atoms with E-state index in [1.54, 1.807) is 20.8 Å². The van der Waals surface area contributed by atoms with Gasteiger partial charge >= 0.3 is 5.97 Å². The Labute approximate surface area is 119 Å². The zero-order valence-electron chi connectivity index (χ0n) is 11.1. The van der Waals surface area contributed by atoms with Gasteiger partial charge in [0, 0.05) is 6.42 Å². The summed E-state index contributed by atoms with van der Waals surface area (Å²) >= 11 is 3.18. The fourth-order valence-corrected chi connectivity index (χ4v) is 1.64. The van der Waals surface area contributed by atoms with E-state index in [1.807, 2.05) is 0 Å². The molecule has 1 heterocycles. The zero-order chi connectivity index (χ0) is 14.6. The molecular weight excluding hydrogens is 318 g/mol. The highest BCUT2D eigenvalue weighted by atomic mass is 79.9. The number of amidine groups is 1. The average molecular weight is 336 g/mol. The Morgan fingerprint density at radius 2 is 2.32 bits per heavy atom. The Bertz CT molecular complexity index is 404. The first-order valence-electron chi connectivity index (χ1n) is 5.63. The van der Waals surface area contributed by atoms with E-state index in [0.717, 1.165) is 5.12 Å². The summed E-state index contributed by atoms with van der Waals surface area (Å²) in [5.74, 6) is 5.21. The number of carbonyl (C=O) groups excluding carboxylic acids is 1. The molecule has 8 nitrogen and oxygen atoms in total. The highest BCUT2D eigenvalue weighted by Gasteiger charge is 2.24. The minimum atomic E-state index is -0.569. The number of hydrogen-bond acceptors (Lipinski definition) is 7. The second-order valence-corrected chi connectivity index (χ2v) is 5.89. The Morgan fingerprint density at radius 3 is 2.79 bits per heavy atom. The van der Waals surface area contributed by atoms with Gasteiger partial charge in [-0.3, -0.25) is 0 Å². The number of hydrazine groups is 1. The highest BCUT2D eigenvalue weighted by Crippen LogP contribution is 2.14. The van der Waals surface area contributed by atoms with E-state index in [2.05, 4.69) is 26.2 Å². The minimum absolute atomic E-state index is 0.143. The van der Waals surface area contributed by atoms with Crippen molar-refractivity contribution in [2.45, 2.75) is 38.9 Å². The predicted octanol–water partition coefficient (Wildman–Crippen LogP) is 0.273. The molecule has 19 heavy (non-hydrogen) atoms. The predicted molar refractivity (Wildman–Crippen MR) is 74.2 cm³/mol. The molecular formula is C10H18BrN5O3. The first-order chi connectivity index (χ1) is 8.67. The van der Waals surface area contributed by atoms with Crippen molar-refractivity contribution in [3.05, 3.63) is 0 Å². The van der Waals surface area contributed by atoms with Crippen molar-refractivity contribution >= 4 is 32.4 Å². The monoisotopic (exact) mass is 335 g/mol. The standard InChI is InChI=1S/C10H18BrN5O3/c1-10(2,3)18-8(17)5-16(13)14-9(12)6-4-7(11)15-19-6/h6H,4-5,13H2,1-3H3,(H2,12,14). The fourth-order valence-electron chi connectivity index (χ4n) is 1.26. The van der Waals surface area contributed by atoms with E-state index >= 15 is 0 Å². The van der Waals surface area contributed by atoms with Crippen molar-refractivity contribution in [1.29, 1.82) is 0 Å². The van der Waals surface area contributed by atoms with Crippen LogP contribution in [0.15, 0.2) is 10.3 Å². The number of hydrazone groups is 1. The van der Waals surface area contributed by atoms with Crippen LogP contribution in [0, 0.1) is 0 Å². The van der Waals surface area contributed by atoms with Crippen LogP contribution in [0.25, 0.3) is 0 Å². The van der Waals surface area contributed by atoms with Crippen molar-refractivity contribution < 1.29 is 14.4 Å². The second kappa shape index (κ2) is 6.20. The largest absolute Gasteiger partial charge is 0.459 e. The van der Waals surface area contributed by atoms with Crippen LogP contribution in [0.2, 0.25) is 0 Å². The minimum Gasteiger partial charge on any atom is -0.459 e. The Kier molecular flexibility index (Phi) is 5.12. The van der Waals surface area contributed by atoms with Crippen molar-refractivity contribution in [2.24, 2.45) is 21.8 Å². The lowest BCUT2D eigenvalue weighted by molar-refractivity contribution is -0.156. The van der Waals surface area contributed by atoms with Crippen LogP contribution in [-0.2, 0) is 14.4 Å². The molecule has 0 aromatic rings. The molecule has 0 bridgehead atoms. The lowest BCUT2D eigenvalue weighted by Gasteiger charge is -2.21. The van der Waals surface area contributed by atoms with E-state index in [-0.39, 0.29) is 12.4 Å². The third-order valence-corrected chi connectivity index (χ3v) is 2.39. The number of nitrogens with two attached hydrogens (primary N) is 2. The van der Waals surface area contributed by atoms with Crippen LogP contribution in [0.3, 0.4) is 0 Å². The molecule has 0 radical (unpaired) electrons. The van der Waals surface area contributed by atoms with E-state index < -0.39 is 17.7 Å². The SMILES string of the molecule is CC(C)(C)OC(=O)CN(N)/N=C(\N)C1CC(Br)=NO1. The molecule has 0 saturated carbocycles. The Balaban J connectivity index is 2.46. The third kappa shape index (κ3) is 5.88. The summed E-state index contributed by atoms with van der Waals surface area (Å²) in [4.78, 5) is 16.5. The van der Waals surface area contributed by atoms with Gasteiger partial charge in [0.2, 0.25) is 0 Å². The molecule has 4 N–H and O–H groups in total. The number of nitrogens with zero attached hydrogens (tertiary/aromatic N) is 3. The summed E-state index contributed by atoms with van der Waals surface area (Å²) < 4.78 is 5.75. The second-order valence-electron chi connectivity index (χ2n) is 4.97. The molecule has 0 aliphatic carbocycles. The molecule has 0 amide bonds. The molecule has 0 fully saturated rings. The molecule has 1 unspecified atom stereocenters. The van der Waals surface area contributed by atoms with Crippen LogP contribution < -0.4 is 11.6 Å². The smallest absolute Gasteiger partial charge is 0.329 e. The van der Waals surface area contributed by atoms with Gasteiger partial charge in [-0.15, -0.1) is 5.10 Å². The summed E-state index contributed by atoms with van der Waals surface area (Å²) in [6.07, 6.45) is 0.00867. The molecule has 1 aliphatic rings. The molecule has 1 atom stereocenters. The summed E-state index contributed by atoms with van der Waals surface area (Å²) in [5, 5.41) is 8.44. The van der Waals surface area contributed by atoms with Gasteiger partial charge < -0.3 is 15.3 Å². The van der Waals surface area contributed by atoms with Gasteiger partial charge in [0.05, 0.1) is 0 Å². The molecule has 1 rings (SSSR count). The van der Waals surface area contributed by atoms with Crippen LogP contribution in [0.4, 0.5) is 0 Å². The number of carbonyl (C=O) groups is 1. The van der Waals surface area contributed by atoms with E-state index in [0.29, 0.717) is 11.0 Å². The fraction of sp³-hybridized carbons (Fsp3) is 0.700. The number of halogens is 1. The van der Waals surface area contributed by atoms with Crippen LogP contribution in [0.1, 0.15) is 27.2 Å². The van der Waals surface area contributed by atoms with Crippen LogP contribution in [-0.4, -0.2) is 39.8 Å². The molecule has 0 saturated heterocycles. The Morgan fingerprint density at radius 1 is 1.68 bits per heavy atom. The maximum atomic E-state index is 11.5. The molecule has 0 aromatic heterocycles. The quantitative estimate of drug-likeness (QED) is 0.250. The molecule has 108 valence electrons. The van der Waals surface area contributed by atoms with Crippen molar-refractivity contribution in [3.63, 3.8) is 0 Å². The maximum Gasteiger partial charge on any atom is 0.329 e. The normalized spacial score (nSPS) is 19.7. The van der Waals surface area contributed by atoms with Gasteiger partial charge in [-0.1, -0.05) is 5.16 Å². The number of esters is 1. The number of rotatable bonds is 4. The zero-order valence-corrected chi connectivity index (χ0v) is 12.7. The summed E-state index contributed by atoms with van der Waals surface area (Å²) in [7, 11) is 0. The average Bonchev–Trinajstić information content (AvgIpc) is 2.61. The first kappa shape index (κ1) is 15.7. The van der Waals surface area contributed by atoms with Gasteiger partial charge in [-0.2, -0.15) is 0 Å². The van der Waals surface area contributed by atoms with Crippen molar-refractivity contribution in [3.8, 4) is 0 Å². The van der Waals surface area contributed by atoms with Gasteiger partial charge in [0.25, 0.3) is 0 Å². The van der Waals surface area contributed by atoms with E-state index in [9.17, 15) is 4.79 Å². The van der Waals surface area contributed by atoms with Crippen LogP contribution >= 0.6 is 15.9 Å². The summed E-state index contributed by atoms with van der Waals surface area (Å²) in [6.45, 7) is 5.10. The maximum absolute atomic E-state index is 11.5. The van der Waals surface area contributed by atoms with Crippen molar-refractivity contribution in [1.82, 2.24) is 5.12 Å². The first-order valence-corrected chi connectivity index (χ1v) is 6.43. The Hall–Kier alpha value is -1.35. The number of oxime groups is 1. The van der Waals surface area contributed by atoms with Gasteiger partial charge in [-0.05, 0) is 36.7 Å². The molecule has 9 heteroatoms. The third-order valence-electron chi connectivity index (χ3n) is 1.92. The lowest BCUT2D eigenvalue weighted by Crippen LogP contribution is -2.39. The number of hydrogen-bond donors (Lipinski definition) is 2. The summed E-state index contributed by atoms with van der Waals surface area (Å²) in [5.41, 5.74) is 5.13. The molecule has 0 aromatic carbocycles. The van der Waals surface area contributed by atoms with Gasteiger partial charge in [-0.25, -0.2) is 15.8 Å². The van der Waals surface area contributed by atoms with Gasteiger partial charge in [0.1, 0.15) is 10.2 Å². The topological polar surface area (TPSA) is 116 Å². The highest BCUT2D eigenvalue weighted by molar-refractivity contribution is 9.18. The molecule has 0 spiro atoms. The van der Waals surface area contributed by atoms with E-state index in [4.69, 9.17) is 21.2 Å². The summed E-state index contributed by atoms with van der Waals surface area (Å²) in [6, 6.07) is 0. The van der Waals surface area contributed by atoms with Gasteiger partial charge in [0.15, 0.2) is 18.5 Å². The van der Waals surface area contributed by atoms with Crippen LogP contribution in [0.5, 0.6) is 0 Å². The lowest BCUT2D eigenvalue weighted by atomic mass is 10.2. The van der Waals surface area contributed by atoms with E-state index in [1.165, 1.54) is 0 Å². The van der Waals surface area contributed by atoms with Crippen molar-refractivity contribution in [2.75, 3.05) is 6.54 Å². The molecule has 1 aliphatic heterocycles. The number of ether oxygens (including phenoxy) is 1.